The average molecular weight is 577 g/mol. The minimum atomic E-state index is -1.45. The molecule has 0 saturated heterocycles. The van der Waals surface area contributed by atoms with Gasteiger partial charge in [-0.3, -0.25) is 9.59 Å². The minimum absolute atomic E-state index is 0.0775. The van der Waals surface area contributed by atoms with Crippen molar-refractivity contribution in [1.82, 2.24) is 16.0 Å². The Morgan fingerprint density at radius 1 is 0.818 bits per heavy atom. The van der Waals surface area contributed by atoms with E-state index in [-0.39, 0.29) is 18.7 Å². The smallest absolute Gasteiger partial charge is 0.326 e. The second-order valence-electron chi connectivity index (χ2n) is 7.30. The maximum absolute atomic E-state index is 11.9. The molecule has 0 heterocycles. The van der Waals surface area contributed by atoms with Gasteiger partial charge in [-0.05, 0) is 72.4 Å². The second kappa shape index (κ2) is 15.0. The van der Waals surface area contributed by atoms with Gasteiger partial charge in [0.1, 0.15) is 12.1 Å². The van der Waals surface area contributed by atoms with Crippen LogP contribution in [0.2, 0.25) is 0 Å². The van der Waals surface area contributed by atoms with Gasteiger partial charge in [-0.2, -0.15) is 0 Å². The molecule has 1 aromatic carbocycles. The number of hydrogen-bond acceptors (Lipinski definition) is 5. The highest BCUT2D eigenvalue weighted by molar-refractivity contribution is 14.1. The molecule has 0 fully saturated rings. The third kappa shape index (κ3) is 12.7. The van der Waals surface area contributed by atoms with Crippen molar-refractivity contribution in [2.24, 2.45) is 0 Å². The van der Waals surface area contributed by atoms with Crippen LogP contribution in [0.15, 0.2) is 24.3 Å². The predicted octanol–water partition coefficient (Wildman–Crippen LogP) is 1.58. The highest BCUT2D eigenvalue weighted by atomic mass is 127. The van der Waals surface area contributed by atoms with Gasteiger partial charge in [0, 0.05) is 23.0 Å². The molecule has 2 atom stereocenters. The summed E-state index contributed by atoms with van der Waals surface area (Å²) in [5.41, 5.74) is 1.06. The SMILES string of the molecule is O=C(O)CC[C@H](NC(=O)N[C@@H](CCCCNC(=O)CCc1ccc(I)cc1)C(=O)O)C(=O)O. The van der Waals surface area contributed by atoms with Gasteiger partial charge >= 0.3 is 23.9 Å². The molecule has 12 heteroatoms. The van der Waals surface area contributed by atoms with Crippen molar-refractivity contribution >= 4 is 52.4 Å². The van der Waals surface area contributed by atoms with Crippen LogP contribution in [0.1, 0.15) is 44.1 Å². The highest BCUT2D eigenvalue weighted by Crippen LogP contribution is 2.08. The summed E-state index contributed by atoms with van der Waals surface area (Å²) in [5, 5.41) is 34.0. The van der Waals surface area contributed by atoms with Crippen molar-refractivity contribution in [1.29, 1.82) is 0 Å². The van der Waals surface area contributed by atoms with E-state index >= 15 is 0 Å². The number of nitrogens with one attached hydrogen (secondary N) is 3. The van der Waals surface area contributed by atoms with Crippen molar-refractivity contribution in [3.8, 4) is 0 Å². The Morgan fingerprint density at radius 2 is 1.39 bits per heavy atom. The van der Waals surface area contributed by atoms with Crippen molar-refractivity contribution in [3.63, 3.8) is 0 Å². The van der Waals surface area contributed by atoms with Crippen LogP contribution in [-0.4, -0.2) is 63.8 Å². The number of aryl methyl sites for hydroxylation is 1. The molecular formula is C21H28IN3O8. The molecule has 11 nitrogen and oxygen atoms in total. The number of benzene rings is 1. The van der Waals surface area contributed by atoms with E-state index in [2.05, 4.69) is 38.5 Å². The Labute approximate surface area is 204 Å². The third-order valence-corrected chi connectivity index (χ3v) is 5.37. The van der Waals surface area contributed by atoms with Gasteiger partial charge in [-0.15, -0.1) is 0 Å². The molecule has 33 heavy (non-hydrogen) atoms. The summed E-state index contributed by atoms with van der Waals surface area (Å²) < 4.78 is 1.12. The Morgan fingerprint density at radius 3 is 1.94 bits per heavy atom. The number of halogens is 1. The first-order chi connectivity index (χ1) is 15.6. The third-order valence-electron chi connectivity index (χ3n) is 4.65. The van der Waals surface area contributed by atoms with E-state index in [9.17, 15) is 29.1 Å². The van der Waals surface area contributed by atoms with Crippen LogP contribution in [0, 0.1) is 3.57 Å². The largest absolute Gasteiger partial charge is 0.481 e. The zero-order chi connectivity index (χ0) is 24.8. The lowest BCUT2D eigenvalue weighted by Gasteiger charge is -2.18. The van der Waals surface area contributed by atoms with Crippen LogP contribution < -0.4 is 16.0 Å². The van der Waals surface area contributed by atoms with Gasteiger partial charge in [0.05, 0.1) is 0 Å². The predicted molar refractivity (Wildman–Crippen MR) is 126 cm³/mol. The van der Waals surface area contributed by atoms with Gasteiger partial charge in [0.15, 0.2) is 0 Å². The van der Waals surface area contributed by atoms with Gasteiger partial charge in [0.2, 0.25) is 5.91 Å². The molecule has 1 aromatic rings. The zero-order valence-corrected chi connectivity index (χ0v) is 20.0. The topological polar surface area (TPSA) is 182 Å². The van der Waals surface area contributed by atoms with E-state index in [0.29, 0.717) is 32.2 Å². The number of urea groups is 1. The minimum Gasteiger partial charge on any atom is -0.481 e. The van der Waals surface area contributed by atoms with Crippen LogP contribution in [-0.2, 0) is 25.6 Å². The van der Waals surface area contributed by atoms with E-state index in [1.165, 1.54) is 0 Å². The zero-order valence-electron chi connectivity index (χ0n) is 17.9. The number of hydrogen-bond donors (Lipinski definition) is 6. The Balaban J connectivity index is 2.32. The summed E-state index contributed by atoms with van der Waals surface area (Å²) in [5.74, 6) is -4.03. The standard InChI is InChI=1S/C21H28IN3O8/c22-14-7-4-13(5-8-14)6-10-17(26)23-12-2-1-3-15(19(29)30)24-21(33)25-16(20(31)32)9-11-18(27)28/h4-5,7-8,15-16H,1-3,6,9-12H2,(H,23,26)(H,27,28)(H,29,30)(H,31,32)(H2,24,25,33)/t15-,16-/m0/s1. The van der Waals surface area contributed by atoms with Crippen molar-refractivity contribution < 1.29 is 39.3 Å². The fourth-order valence-electron chi connectivity index (χ4n) is 2.84. The van der Waals surface area contributed by atoms with Gasteiger partial charge in [0.25, 0.3) is 0 Å². The molecule has 0 aromatic heterocycles. The summed E-state index contributed by atoms with van der Waals surface area (Å²) in [6, 6.07) is 4.16. The fourth-order valence-corrected chi connectivity index (χ4v) is 3.20. The molecule has 0 aliphatic rings. The average Bonchev–Trinajstić information content (AvgIpc) is 2.74. The first-order valence-corrected chi connectivity index (χ1v) is 11.4. The van der Waals surface area contributed by atoms with Crippen molar-refractivity contribution in [3.05, 3.63) is 33.4 Å². The Bertz CT molecular complexity index is 831. The number of amides is 3. The van der Waals surface area contributed by atoms with E-state index in [4.69, 9.17) is 10.2 Å². The van der Waals surface area contributed by atoms with Crippen LogP contribution >= 0.6 is 22.6 Å². The second-order valence-corrected chi connectivity index (χ2v) is 8.55. The van der Waals surface area contributed by atoms with Crippen LogP contribution in [0.4, 0.5) is 4.79 Å². The van der Waals surface area contributed by atoms with Crippen LogP contribution in [0.3, 0.4) is 0 Å². The number of unbranched alkanes of at least 4 members (excludes halogenated alkanes) is 1. The summed E-state index contributed by atoms with van der Waals surface area (Å²) in [6.07, 6.45) is 1.14. The Hall–Kier alpha value is -2.90. The highest BCUT2D eigenvalue weighted by Gasteiger charge is 2.24. The van der Waals surface area contributed by atoms with Gasteiger partial charge in [-0.1, -0.05) is 12.1 Å². The number of carbonyl (C=O) groups excluding carboxylic acids is 2. The number of aliphatic carboxylic acids is 3. The molecule has 6 N–H and O–H groups in total. The van der Waals surface area contributed by atoms with Crippen LogP contribution in [0.5, 0.6) is 0 Å². The molecule has 0 bridgehead atoms. The summed E-state index contributed by atoms with van der Waals surface area (Å²) >= 11 is 2.21. The molecule has 0 radical (unpaired) electrons. The molecule has 0 aliphatic carbocycles. The molecule has 3 amide bonds. The maximum Gasteiger partial charge on any atom is 0.326 e. The molecule has 0 unspecified atom stereocenters. The molecule has 1 rings (SSSR count). The molecule has 0 spiro atoms. The lowest BCUT2D eigenvalue weighted by Crippen LogP contribution is -2.51. The normalized spacial score (nSPS) is 12.3. The maximum atomic E-state index is 11.9. The molecule has 0 aliphatic heterocycles. The summed E-state index contributed by atoms with van der Waals surface area (Å²) in [4.78, 5) is 57.0. The lowest BCUT2D eigenvalue weighted by atomic mass is 10.1. The number of carboxylic acid groups (broad SMARTS) is 3. The number of carbonyl (C=O) groups is 5. The van der Waals surface area contributed by atoms with E-state index in [1.54, 1.807) is 0 Å². The summed E-state index contributed by atoms with van der Waals surface area (Å²) in [6.45, 7) is 0.361. The van der Waals surface area contributed by atoms with Crippen molar-refractivity contribution in [2.45, 2.75) is 57.0 Å². The number of rotatable bonds is 15. The monoisotopic (exact) mass is 577 g/mol. The van der Waals surface area contributed by atoms with Gasteiger partial charge < -0.3 is 31.3 Å². The van der Waals surface area contributed by atoms with E-state index in [1.807, 2.05) is 24.3 Å². The van der Waals surface area contributed by atoms with Crippen molar-refractivity contribution in [2.75, 3.05) is 6.54 Å². The van der Waals surface area contributed by atoms with Crippen LogP contribution in [0.25, 0.3) is 0 Å². The Kier molecular flexibility index (Phi) is 12.8. The number of carboxylic acids is 3. The first kappa shape index (κ1) is 28.1. The molecular weight excluding hydrogens is 549 g/mol. The molecule has 182 valence electrons. The van der Waals surface area contributed by atoms with Gasteiger partial charge in [-0.25, -0.2) is 14.4 Å². The molecule has 0 saturated carbocycles. The lowest BCUT2D eigenvalue weighted by molar-refractivity contribution is -0.140. The van der Waals surface area contributed by atoms with E-state index in [0.717, 1.165) is 9.13 Å². The quantitative estimate of drug-likeness (QED) is 0.134. The van der Waals surface area contributed by atoms with E-state index < -0.39 is 42.4 Å². The summed E-state index contributed by atoms with van der Waals surface area (Å²) in [7, 11) is 0. The first-order valence-electron chi connectivity index (χ1n) is 10.3. The fraction of sp³-hybridized carbons (Fsp3) is 0.476.